The SMILES string of the molecule is CCCCC(COC)C12C(=O)N(C)C(=O)C1c1ccccc1-c1ccccc12. The lowest BCUT2D eigenvalue weighted by Gasteiger charge is -2.44. The van der Waals surface area contributed by atoms with E-state index in [-0.39, 0.29) is 17.7 Å². The molecule has 2 aliphatic rings. The minimum absolute atomic E-state index is 0.0571. The van der Waals surface area contributed by atoms with Crippen LogP contribution in [-0.2, 0) is 19.7 Å². The maximum Gasteiger partial charge on any atom is 0.241 e. The van der Waals surface area contributed by atoms with Crippen molar-refractivity contribution in [2.24, 2.45) is 5.92 Å². The Hall–Kier alpha value is -2.46. The van der Waals surface area contributed by atoms with Crippen molar-refractivity contribution in [1.29, 1.82) is 0 Å². The molecule has 0 saturated carbocycles. The highest BCUT2D eigenvalue weighted by Gasteiger charge is 2.65. The van der Waals surface area contributed by atoms with Crippen molar-refractivity contribution in [1.82, 2.24) is 4.90 Å². The van der Waals surface area contributed by atoms with Gasteiger partial charge >= 0.3 is 0 Å². The molecule has 4 nitrogen and oxygen atoms in total. The summed E-state index contributed by atoms with van der Waals surface area (Å²) in [6.45, 7) is 2.61. The molecule has 2 aromatic carbocycles. The predicted octanol–water partition coefficient (Wildman–Crippen LogP) is 4.14. The Labute approximate surface area is 166 Å². The van der Waals surface area contributed by atoms with Crippen LogP contribution in [0.1, 0.15) is 43.2 Å². The Bertz CT molecular complexity index is 922. The highest BCUT2D eigenvalue weighted by Crippen LogP contribution is 2.59. The summed E-state index contributed by atoms with van der Waals surface area (Å²) < 4.78 is 5.60. The molecule has 3 atom stereocenters. The lowest BCUT2D eigenvalue weighted by Crippen LogP contribution is -2.49. The van der Waals surface area contributed by atoms with Gasteiger partial charge in [-0.3, -0.25) is 14.5 Å². The fourth-order valence-electron chi connectivity index (χ4n) is 5.34. The smallest absolute Gasteiger partial charge is 0.241 e. The second-order valence-corrected chi connectivity index (χ2v) is 7.93. The number of fused-ring (bicyclic) bond motifs is 6. The number of rotatable bonds is 6. The van der Waals surface area contributed by atoms with Crippen LogP contribution >= 0.6 is 0 Å². The van der Waals surface area contributed by atoms with E-state index in [0.717, 1.165) is 41.5 Å². The van der Waals surface area contributed by atoms with Crippen molar-refractivity contribution in [2.45, 2.75) is 37.5 Å². The third kappa shape index (κ3) is 2.40. The lowest BCUT2D eigenvalue weighted by molar-refractivity contribution is -0.139. The van der Waals surface area contributed by atoms with Gasteiger partial charge in [-0.05, 0) is 28.7 Å². The highest BCUT2D eigenvalue weighted by molar-refractivity contribution is 6.15. The number of likely N-dealkylation sites (N-methyl/N-ethyl adjacent to an activating group) is 1. The second kappa shape index (κ2) is 7.17. The first-order valence-corrected chi connectivity index (χ1v) is 10.1. The summed E-state index contributed by atoms with van der Waals surface area (Å²) in [6.07, 6.45) is 2.89. The van der Waals surface area contributed by atoms with Crippen LogP contribution < -0.4 is 0 Å². The van der Waals surface area contributed by atoms with Gasteiger partial charge in [-0.25, -0.2) is 0 Å². The number of unbranched alkanes of at least 4 members (excludes halogenated alkanes) is 1. The molecule has 1 aliphatic carbocycles. The number of likely N-dealkylation sites (tertiary alicyclic amines) is 1. The molecule has 1 heterocycles. The van der Waals surface area contributed by atoms with E-state index in [1.807, 2.05) is 36.4 Å². The molecular weight excluding hydrogens is 350 g/mol. The zero-order valence-electron chi connectivity index (χ0n) is 16.8. The fourth-order valence-corrected chi connectivity index (χ4v) is 5.34. The molecule has 3 unspecified atom stereocenters. The summed E-state index contributed by atoms with van der Waals surface area (Å²) in [5.74, 6) is -0.751. The number of benzene rings is 2. The number of hydrogen-bond donors (Lipinski definition) is 0. The van der Waals surface area contributed by atoms with Gasteiger partial charge in [0.2, 0.25) is 11.8 Å². The highest BCUT2D eigenvalue weighted by atomic mass is 16.5. The van der Waals surface area contributed by atoms with Crippen molar-refractivity contribution in [3.63, 3.8) is 0 Å². The van der Waals surface area contributed by atoms with Crippen LogP contribution in [0.2, 0.25) is 0 Å². The molecule has 0 radical (unpaired) electrons. The Balaban J connectivity index is 2.05. The van der Waals surface area contributed by atoms with E-state index in [2.05, 4.69) is 19.1 Å². The molecule has 0 spiro atoms. The van der Waals surface area contributed by atoms with Crippen molar-refractivity contribution in [3.05, 3.63) is 59.7 Å². The normalized spacial score (nSPS) is 24.0. The number of ether oxygens (including phenoxy) is 1. The molecule has 1 fully saturated rings. The van der Waals surface area contributed by atoms with Crippen LogP contribution in [0, 0.1) is 5.92 Å². The molecule has 2 amide bonds. The van der Waals surface area contributed by atoms with Gasteiger partial charge in [0.25, 0.3) is 0 Å². The number of imide groups is 1. The van der Waals surface area contributed by atoms with Crippen LogP contribution in [0.4, 0.5) is 0 Å². The molecule has 4 heteroatoms. The Morgan fingerprint density at radius 3 is 2.46 bits per heavy atom. The molecule has 1 aliphatic heterocycles. The average molecular weight is 377 g/mol. The summed E-state index contributed by atoms with van der Waals surface area (Å²) in [5.41, 5.74) is 3.15. The summed E-state index contributed by atoms with van der Waals surface area (Å²) in [4.78, 5) is 28.5. The topological polar surface area (TPSA) is 46.6 Å². The van der Waals surface area contributed by atoms with E-state index in [0.29, 0.717) is 6.61 Å². The maximum absolute atomic E-state index is 13.8. The van der Waals surface area contributed by atoms with Crippen molar-refractivity contribution >= 4 is 11.8 Å². The second-order valence-electron chi connectivity index (χ2n) is 7.93. The number of nitrogens with zero attached hydrogens (tertiary/aromatic N) is 1. The van der Waals surface area contributed by atoms with Crippen LogP contribution in [0.15, 0.2) is 48.5 Å². The molecule has 146 valence electrons. The third-order valence-electron chi connectivity index (χ3n) is 6.54. The Morgan fingerprint density at radius 1 is 1.07 bits per heavy atom. The Kier molecular flexibility index (Phi) is 4.84. The zero-order chi connectivity index (χ0) is 19.9. The molecule has 1 saturated heterocycles. The summed E-state index contributed by atoms with van der Waals surface area (Å²) in [6, 6.07) is 16.1. The van der Waals surface area contributed by atoms with Gasteiger partial charge in [-0.2, -0.15) is 0 Å². The average Bonchev–Trinajstić information content (AvgIpc) is 2.93. The number of carbonyl (C=O) groups is 2. The molecular formula is C24H27NO3. The van der Waals surface area contributed by atoms with Crippen molar-refractivity contribution in [2.75, 3.05) is 20.8 Å². The predicted molar refractivity (Wildman–Crippen MR) is 109 cm³/mol. The van der Waals surface area contributed by atoms with Gasteiger partial charge < -0.3 is 4.74 Å². The number of methoxy groups -OCH3 is 1. The third-order valence-corrected chi connectivity index (χ3v) is 6.54. The lowest BCUT2D eigenvalue weighted by atomic mass is 9.56. The minimum Gasteiger partial charge on any atom is -0.384 e. The molecule has 2 aromatic rings. The van der Waals surface area contributed by atoms with Gasteiger partial charge in [0.15, 0.2) is 0 Å². The number of amides is 2. The van der Waals surface area contributed by atoms with Crippen LogP contribution in [0.3, 0.4) is 0 Å². The molecule has 28 heavy (non-hydrogen) atoms. The van der Waals surface area contributed by atoms with Gasteiger partial charge in [-0.15, -0.1) is 0 Å². The van der Waals surface area contributed by atoms with E-state index in [1.165, 1.54) is 4.90 Å². The summed E-state index contributed by atoms with van der Waals surface area (Å²) in [7, 11) is 3.30. The first kappa shape index (κ1) is 18.9. The first-order valence-electron chi connectivity index (χ1n) is 10.1. The van der Waals surface area contributed by atoms with Crippen LogP contribution in [0.5, 0.6) is 0 Å². The fraction of sp³-hybridized carbons (Fsp3) is 0.417. The number of carbonyl (C=O) groups excluding carboxylic acids is 2. The standard InChI is InChI=1S/C24H27NO3/c1-4-5-10-16(15-28-3)24-20-14-9-8-12-18(20)17-11-6-7-13-19(17)21(24)22(26)25(2)23(24)27/h6-9,11-14,16,21H,4-5,10,15H2,1-3H3. The van der Waals surface area contributed by atoms with E-state index >= 15 is 0 Å². The van der Waals surface area contributed by atoms with Gasteiger partial charge in [0.05, 0.1) is 17.9 Å². The maximum atomic E-state index is 13.8. The van der Waals surface area contributed by atoms with Crippen LogP contribution in [-0.4, -0.2) is 37.5 Å². The molecule has 0 aromatic heterocycles. The van der Waals surface area contributed by atoms with E-state index in [9.17, 15) is 9.59 Å². The van der Waals surface area contributed by atoms with E-state index in [4.69, 9.17) is 4.74 Å². The zero-order valence-corrected chi connectivity index (χ0v) is 16.8. The van der Waals surface area contributed by atoms with Gasteiger partial charge in [-0.1, -0.05) is 68.3 Å². The molecule has 4 rings (SSSR count). The van der Waals surface area contributed by atoms with Gasteiger partial charge in [0, 0.05) is 20.1 Å². The van der Waals surface area contributed by atoms with Crippen LogP contribution in [0.25, 0.3) is 11.1 Å². The van der Waals surface area contributed by atoms with Gasteiger partial charge in [0.1, 0.15) is 0 Å². The van der Waals surface area contributed by atoms with Crippen molar-refractivity contribution < 1.29 is 14.3 Å². The monoisotopic (exact) mass is 377 g/mol. The summed E-state index contributed by atoms with van der Waals surface area (Å²) >= 11 is 0. The Morgan fingerprint density at radius 2 is 1.75 bits per heavy atom. The molecule has 0 bridgehead atoms. The quantitative estimate of drug-likeness (QED) is 0.711. The van der Waals surface area contributed by atoms with Crippen molar-refractivity contribution in [3.8, 4) is 11.1 Å². The molecule has 0 N–H and O–H groups in total. The van der Waals surface area contributed by atoms with E-state index < -0.39 is 11.3 Å². The largest absolute Gasteiger partial charge is 0.384 e. The van der Waals surface area contributed by atoms with E-state index in [1.54, 1.807) is 14.2 Å². The summed E-state index contributed by atoms with van der Waals surface area (Å²) in [5, 5.41) is 0. The first-order chi connectivity index (χ1) is 13.6. The minimum atomic E-state index is -0.901. The number of hydrogen-bond acceptors (Lipinski definition) is 3.